The van der Waals surface area contributed by atoms with E-state index >= 15 is 0 Å². The zero-order valence-electron chi connectivity index (χ0n) is 17.1. The van der Waals surface area contributed by atoms with E-state index in [9.17, 15) is 4.79 Å². The quantitative estimate of drug-likeness (QED) is 0.537. The van der Waals surface area contributed by atoms with Gasteiger partial charge < -0.3 is 20.3 Å². The van der Waals surface area contributed by atoms with Crippen LogP contribution in [0.25, 0.3) is 0 Å². The summed E-state index contributed by atoms with van der Waals surface area (Å²) in [5, 5.41) is 14.6. The summed E-state index contributed by atoms with van der Waals surface area (Å²) in [6, 6.07) is 15.2. The van der Waals surface area contributed by atoms with Crippen LogP contribution in [0.4, 0.5) is 17.5 Å². The minimum atomic E-state index is 0.0136. The molecule has 0 aliphatic carbocycles. The number of piperidine rings is 1. The van der Waals surface area contributed by atoms with Gasteiger partial charge in [-0.15, -0.1) is 10.2 Å². The molecule has 0 atom stereocenters. The number of para-hydroxylation sites is 1. The van der Waals surface area contributed by atoms with Crippen LogP contribution < -0.4 is 20.3 Å². The number of nitrogens with zero attached hydrogens (tertiary/aromatic N) is 5. The van der Waals surface area contributed by atoms with Crippen LogP contribution in [0.2, 0.25) is 0 Å². The van der Waals surface area contributed by atoms with Crippen molar-refractivity contribution in [2.75, 3.05) is 36.5 Å². The molecule has 3 aromatic rings. The second-order valence-electron chi connectivity index (χ2n) is 7.21. The predicted octanol–water partition coefficient (Wildman–Crippen LogP) is 2.42. The first-order valence-electron chi connectivity index (χ1n) is 10.4. The molecule has 4 rings (SSSR count). The van der Waals surface area contributed by atoms with E-state index in [4.69, 9.17) is 4.74 Å². The fourth-order valence-electron chi connectivity index (χ4n) is 3.43. The molecule has 31 heavy (non-hydrogen) atoms. The first-order chi connectivity index (χ1) is 15.3. The molecule has 0 saturated carbocycles. The number of aromatic nitrogens is 4. The lowest BCUT2D eigenvalue weighted by Gasteiger charge is -2.31. The van der Waals surface area contributed by atoms with E-state index in [0.717, 1.165) is 37.5 Å². The number of hydrogen-bond acceptors (Lipinski definition) is 8. The normalized spacial score (nSPS) is 14.1. The third-order valence-corrected chi connectivity index (χ3v) is 5.09. The third kappa shape index (κ3) is 5.88. The van der Waals surface area contributed by atoms with Gasteiger partial charge in [0.15, 0.2) is 11.6 Å². The van der Waals surface area contributed by atoms with Gasteiger partial charge in [-0.3, -0.25) is 4.79 Å². The zero-order valence-corrected chi connectivity index (χ0v) is 17.1. The lowest BCUT2D eigenvalue weighted by Crippen LogP contribution is -2.41. The fraction of sp³-hybridized carbons (Fsp3) is 0.318. The van der Waals surface area contributed by atoms with Gasteiger partial charge in [0.25, 0.3) is 0 Å². The number of hydrogen-bond donors (Lipinski definition) is 2. The van der Waals surface area contributed by atoms with Crippen molar-refractivity contribution in [2.24, 2.45) is 5.92 Å². The van der Waals surface area contributed by atoms with Gasteiger partial charge in [0.2, 0.25) is 5.91 Å². The molecule has 0 radical (unpaired) electrons. The molecule has 1 aliphatic rings. The van der Waals surface area contributed by atoms with Gasteiger partial charge in [-0.2, -0.15) is 0 Å². The Labute approximate surface area is 180 Å². The predicted molar refractivity (Wildman–Crippen MR) is 117 cm³/mol. The van der Waals surface area contributed by atoms with E-state index in [-0.39, 0.29) is 11.8 Å². The van der Waals surface area contributed by atoms with E-state index < -0.39 is 0 Å². The highest BCUT2D eigenvalue weighted by molar-refractivity contribution is 5.79. The van der Waals surface area contributed by atoms with Crippen molar-refractivity contribution in [3.8, 4) is 5.75 Å². The van der Waals surface area contributed by atoms with Crippen molar-refractivity contribution in [1.29, 1.82) is 0 Å². The highest BCUT2D eigenvalue weighted by Gasteiger charge is 2.25. The van der Waals surface area contributed by atoms with E-state index in [0.29, 0.717) is 24.8 Å². The van der Waals surface area contributed by atoms with E-state index in [1.54, 1.807) is 12.3 Å². The number of rotatable bonds is 8. The third-order valence-electron chi connectivity index (χ3n) is 5.09. The summed E-state index contributed by atoms with van der Waals surface area (Å²) in [5.74, 6) is 3.01. The van der Waals surface area contributed by atoms with Gasteiger partial charge in [-0.05, 0) is 43.2 Å². The highest BCUT2D eigenvalue weighted by Crippen LogP contribution is 2.22. The molecule has 160 valence electrons. The van der Waals surface area contributed by atoms with Crippen LogP contribution in [0.1, 0.15) is 12.8 Å². The first-order valence-corrected chi connectivity index (χ1v) is 10.4. The number of anilines is 3. The summed E-state index contributed by atoms with van der Waals surface area (Å²) >= 11 is 0. The number of benzene rings is 1. The number of ether oxygens (including phenoxy) is 1. The van der Waals surface area contributed by atoms with Gasteiger partial charge in [-0.25, -0.2) is 9.97 Å². The van der Waals surface area contributed by atoms with Gasteiger partial charge in [0, 0.05) is 25.2 Å². The Kier molecular flexibility index (Phi) is 6.84. The van der Waals surface area contributed by atoms with Crippen LogP contribution in [0.3, 0.4) is 0 Å². The van der Waals surface area contributed by atoms with Crippen molar-refractivity contribution < 1.29 is 9.53 Å². The molecule has 9 nitrogen and oxygen atoms in total. The fourth-order valence-corrected chi connectivity index (χ4v) is 3.43. The maximum atomic E-state index is 12.4. The minimum Gasteiger partial charge on any atom is -0.492 e. The van der Waals surface area contributed by atoms with Crippen molar-refractivity contribution in [1.82, 2.24) is 25.5 Å². The van der Waals surface area contributed by atoms with Gasteiger partial charge >= 0.3 is 0 Å². The van der Waals surface area contributed by atoms with Gasteiger partial charge in [0.1, 0.15) is 24.5 Å². The molecule has 1 aliphatic heterocycles. The number of nitrogens with one attached hydrogen (secondary N) is 2. The van der Waals surface area contributed by atoms with Crippen LogP contribution in [0.15, 0.2) is 61.1 Å². The Hall–Kier alpha value is -3.75. The molecule has 1 fully saturated rings. The Bertz CT molecular complexity index is 947. The topological polar surface area (TPSA) is 105 Å². The summed E-state index contributed by atoms with van der Waals surface area (Å²) < 4.78 is 5.62. The molecular weight excluding hydrogens is 394 g/mol. The van der Waals surface area contributed by atoms with Crippen LogP contribution in [0.5, 0.6) is 5.75 Å². The average molecular weight is 419 g/mol. The molecule has 1 aromatic carbocycles. The van der Waals surface area contributed by atoms with Gasteiger partial charge in [-0.1, -0.05) is 18.2 Å². The second-order valence-corrected chi connectivity index (χ2v) is 7.21. The molecule has 2 N–H and O–H groups in total. The number of carbonyl (C=O) groups excluding carboxylic acids is 1. The Morgan fingerprint density at radius 3 is 2.58 bits per heavy atom. The van der Waals surface area contributed by atoms with E-state index in [2.05, 4.69) is 35.7 Å². The van der Waals surface area contributed by atoms with Crippen molar-refractivity contribution in [2.45, 2.75) is 12.8 Å². The van der Waals surface area contributed by atoms with E-state index in [1.165, 1.54) is 6.33 Å². The molecule has 1 saturated heterocycles. The van der Waals surface area contributed by atoms with Crippen LogP contribution in [-0.2, 0) is 4.79 Å². The first kappa shape index (κ1) is 20.5. The monoisotopic (exact) mass is 419 g/mol. The summed E-state index contributed by atoms with van der Waals surface area (Å²) in [5.41, 5.74) is 0. The zero-order chi connectivity index (χ0) is 21.3. The van der Waals surface area contributed by atoms with Crippen LogP contribution >= 0.6 is 0 Å². The molecule has 0 unspecified atom stereocenters. The van der Waals surface area contributed by atoms with Crippen molar-refractivity contribution in [3.05, 3.63) is 61.1 Å². The molecular formula is C22H25N7O2. The lowest BCUT2D eigenvalue weighted by molar-refractivity contribution is -0.125. The lowest BCUT2D eigenvalue weighted by atomic mass is 9.96. The largest absolute Gasteiger partial charge is 0.492 e. The molecule has 9 heteroatoms. The molecule has 1 amide bonds. The van der Waals surface area contributed by atoms with Crippen LogP contribution in [-0.4, -0.2) is 52.3 Å². The van der Waals surface area contributed by atoms with Crippen molar-refractivity contribution >= 4 is 23.4 Å². The molecule has 3 heterocycles. The molecule has 0 spiro atoms. The van der Waals surface area contributed by atoms with E-state index in [1.807, 2.05) is 42.5 Å². The second kappa shape index (κ2) is 10.3. The Balaban J connectivity index is 1.19. The average Bonchev–Trinajstić information content (AvgIpc) is 2.84. The van der Waals surface area contributed by atoms with Crippen LogP contribution in [0, 0.1) is 5.92 Å². The summed E-state index contributed by atoms with van der Waals surface area (Å²) in [7, 11) is 0. The molecule has 2 aromatic heterocycles. The maximum absolute atomic E-state index is 12.4. The van der Waals surface area contributed by atoms with Gasteiger partial charge in [0.05, 0.1) is 6.54 Å². The highest BCUT2D eigenvalue weighted by atomic mass is 16.5. The summed E-state index contributed by atoms with van der Waals surface area (Å²) in [6.07, 6.45) is 4.70. The summed E-state index contributed by atoms with van der Waals surface area (Å²) in [6.45, 7) is 2.50. The minimum absolute atomic E-state index is 0.0136. The summed E-state index contributed by atoms with van der Waals surface area (Å²) in [4.78, 5) is 22.6. The Morgan fingerprint density at radius 1 is 1.03 bits per heavy atom. The standard InChI is InChI=1S/C22H25N7O2/c30-22(24-12-15-31-18-4-2-1-3-5-18)17-9-13-29(14-10-17)21-7-6-20(27-28-21)26-19-8-11-23-16-25-19/h1-8,11,16-17H,9-10,12-15H2,(H,24,30)(H,23,25,26,27). The molecule has 0 bridgehead atoms. The SMILES string of the molecule is O=C(NCCOc1ccccc1)C1CCN(c2ccc(Nc3ccncn3)nn2)CC1. The number of amides is 1. The Morgan fingerprint density at radius 2 is 1.87 bits per heavy atom. The number of carbonyl (C=O) groups is 1. The maximum Gasteiger partial charge on any atom is 0.223 e. The smallest absolute Gasteiger partial charge is 0.223 e. The van der Waals surface area contributed by atoms with Crippen molar-refractivity contribution in [3.63, 3.8) is 0 Å².